The summed E-state index contributed by atoms with van der Waals surface area (Å²) in [4.78, 5) is 16.5. The number of carbonyl (C=O) groups excluding carboxylic acids is 1. The number of thioether (sulfide) groups is 1. The summed E-state index contributed by atoms with van der Waals surface area (Å²) in [7, 11) is 0. The quantitative estimate of drug-likeness (QED) is 0.668. The van der Waals surface area contributed by atoms with E-state index in [-0.39, 0.29) is 5.91 Å². The number of nitrogens with two attached hydrogens (primary N) is 1. The van der Waals surface area contributed by atoms with Gasteiger partial charge in [0.25, 0.3) is 5.91 Å². The van der Waals surface area contributed by atoms with Crippen molar-refractivity contribution in [3.8, 4) is 0 Å². The molecule has 0 saturated carbocycles. The van der Waals surface area contributed by atoms with Crippen LogP contribution in [0.5, 0.6) is 0 Å². The molecule has 0 aromatic carbocycles. The van der Waals surface area contributed by atoms with Gasteiger partial charge in [-0.3, -0.25) is 4.79 Å². The largest absolute Gasteiger partial charge is 0.382 e. The van der Waals surface area contributed by atoms with Crippen LogP contribution < -0.4 is 16.4 Å². The molecular formula is C11H20N4OS2. The minimum Gasteiger partial charge on any atom is -0.382 e. The monoisotopic (exact) mass is 288 g/mol. The third kappa shape index (κ3) is 4.73. The summed E-state index contributed by atoms with van der Waals surface area (Å²) in [6.07, 6.45) is 2.00. The molecule has 5 nitrogen and oxygen atoms in total. The molecule has 7 heteroatoms. The van der Waals surface area contributed by atoms with Crippen molar-refractivity contribution < 1.29 is 4.79 Å². The third-order valence-corrected chi connectivity index (χ3v) is 3.75. The molecule has 0 spiro atoms. The van der Waals surface area contributed by atoms with Gasteiger partial charge in [-0.1, -0.05) is 25.2 Å². The molecule has 0 saturated heterocycles. The highest BCUT2D eigenvalue weighted by Gasteiger charge is 2.15. The van der Waals surface area contributed by atoms with Crippen LogP contribution in [0, 0.1) is 5.92 Å². The Labute approximate surface area is 116 Å². The summed E-state index contributed by atoms with van der Waals surface area (Å²) in [6, 6.07) is 0. The van der Waals surface area contributed by atoms with Crippen molar-refractivity contribution in [1.29, 1.82) is 0 Å². The van der Waals surface area contributed by atoms with Crippen LogP contribution in [0.4, 0.5) is 10.9 Å². The summed E-state index contributed by atoms with van der Waals surface area (Å²) < 4.78 is 0. The number of thiazole rings is 1. The van der Waals surface area contributed by atoms with Gasteiger partial charge >= 0.3 is 0 Å². The van der Waals surface area contributed by atoms with E-state index in [4.69, 9.17) is 5.73 Å². The van der Waals surface area contributed by atoms with E-state index in [9.17, 15) is 4.79 Å². The number of nitrogen functional groups attached to an aromatic ring is 1. The van der Waals surface area contributed by atoms with Gasteiger partial charge in [-0.15, -0.1) is 0 Å². The molecule has 1 rings (SSSR count). The molecule has 0 radical (unpaired) electrons. The Balaban J connectivity index is 2.57. The van der Waals surface area contributed by atoms with E-state index in [0.29, 0.717) is 28.3 Å². The van der Waals surface area contributed by atoms with Crippen molar-refractivity contribution in [1.82, 2.24) is 10.3 Å². The highest BCUT2D eigenvalue weighted by molar-refractivity contribution is 7.98. The van der Waals surface area contributed by atoms with E-state index in [2.05, 4.69) is 29.5 Å². The molecule has 0 aliphatic carbocycles. The van der Waals surface area contributed by atoms with Gasteiger partial charge < -0.3 is 16.4 Å². The maximum atomic E-state index is 11.8. The zero-order valence-corrected chi connectivity index (χ0v) is 12.6. The van der Waals surface area contributed by atoms with Crippen molar-refractivity contribution in [3.05, 3.63) is 4.88 Å². The van der Waals surface area contributed by atoms with Crippen LogP contribution in [0.2, 0.25) is 0 Å². The van der Waals surface area contributed by atoms with Gasteiger partial charge in [0.05, 0.1) is 0 Å². The Morgan fingerprint density at radius 3 is 2.89 bits per heavy atom. The lowest BCUT2D eigenvalue weighted by molar-refractivity contribution is 0.0961. The van der Waals surface area contributed by atoms with Gasteiger partial charge in [0, 0.05) is 18.8 Å². The van der Waals surface area contributed by atoms with Gasteiger partial charge in [-0.25, -0.2) is 4.98 Å². The summed E-state index contributed by atoms with van der Waals surface area (Å²) >= 11 is 2.99. The smallest absolute Gasteiger partial charge is 0.265 e. The zero-order valence-electron chi connectivity index (χ0n) is 10.9. The number of carbonyl (C=O) groups is 1. The molecular weight excluding hydrogens is 268 g/mol. The standard InChI is InChI=1S/C11H20N4OS2/c1-7(2)6-14-11-15-9(12)8(18-11)10(16)13-4-5-17-3/h7H,4-6,12H2,1-3H3,(H,13,16)(H,14,15). The predicted molar refractivity (Wildman–Crippen MR) is 80.6 cm³/mol. The average Bonchev–Trinajstić information content (AvgIpc) is 2.68. The topological polar surface area (TPSA) is 80.0 Å². The molecule has 1 aromatic heterocycles. The van der Waals surface area contributed by atoms with Crippen molar-refractivity contribution >= 4 is 40.0 Å². The lowest BCUT2D eigenvalue weighted by atomic mass is 10.2. The van der Waals surface area contributed by atoms with Gasteiger partial charge in [0.1, 0.15) is 10.7 Å². The molecule has 0 atom stereocenters. The first kappa shape index (κ1) is 15.1. The van der Waals surface area contributed by atoms with Crippen LogP contribution >= 0.6 is 23.1 Å². The molecule has 1 aromatic rings. The van der Waals surface area contributed by atoms with E-state index in [1.54, 1.807) is 11.8 Å². The van der Waals surface area contributed by atoms with Crippen LogP contribution in [0.25, 0.3) is 0 Å². The van der Waals surface area contributed by atoms with E-state index in [1.807, 2.05) is 6.26 Å². The van der Waals surface area contributed by atoms with E-state index < -0.39 is 0 Å². The third-order valence-electron chi connectivity index (χ3n) is 2.11. The number of hydrogen-bond acceptors (Lipinski definition) is 6. The van der Waals surface area contributed by atoms with Crippen LogP contribution in [0.15, 0.2) is 0 Å². The van der Waals surface area contributed by atoms with E-state index >= 15 is 0 Å². The fourth-order valence-electron chi connectivity index (χ4n) is 1.21. The number of aromatic nitrogens is 1. The second-order valence-corrected chi connectivity index (χ2v) is 6.24. The SMILES string of the molecule is CSCCNC(=O)c1sc(NCC(C)C)nc1N. The van der Waals surface area contributed by atoms with Gasteiger partial charge in [-0.2, -0.15) is 11.8 Å². The van der Waals surface area contributed by atoms with Crippen molar-refractivity contribution in [2.75, 3.05) is 36.1 Å². The van der Waals surface area contributed by atoms with Gasteiger partial charge in [0.2, 0.25) is 0 Å². The van der Waals surface area contributed by atoms with Crippen LogP contribution in [-0.4, -0.2) is 36.0 Å². The summed E-state index contributed by atoms with van der Waals surface area (Å²) in [6.45, 7) is 5.69. The first-order valence-corrected chi connectivity index (χ1v) is 8.03. The lowest BCUT2D eigenvalue weighted by Crippen LogP contribution is -2.25. The number of hydrogen-bond donors (Lipinski definition) is 3. The molecule has 1 heterocycles. The van der Waals surface area contributed by atoms with Crippen molar-refractivity contribution in [2.24, 2.45) is 5.92 Å². The minimum absolute atomic E-state index is 0.142. The van der Waals surface area contributed by atoms with Crippen molar-refractivity contribution in [3.63, 3.8) is 0 Å². The molecule has 0 unspecified atom stereocenters. The Bertz CT molecular complexity index is 392. The lowest BCUT2D eigenvalue weighted by Gasteiger charge is -2.04. The Morgan fingerprint density at radius 2 is 2.28 bits per heavy atom. The van der Waals surface area contributed by atoms with Crippen LogP contribution in [0.1, 0.15) is 23.5 Å². The first-order valence-electron chi connectivity index (χ1n) is 5.82. The maximum absolute atomic E-state index is 11.8. The van der Waals surface area contributed by atoms with Crippen LogP contribution in [-0.2, 0) is 0 Å². The number of anilines is 2. The first-order chi connectivity index (χ1) is 8.54. The van der Waals surface area contributed by atoms with Crippen molar-refractivity contribution in [2.45, 2.75) is 13.8 Å². The molecule has 1 amide bonds. The molecule has 4 N–H and O–H groups in total. The van der Waals surface area contributed by atoms with E-state index in [0.717, 1.165) is 12.3 Å². The highest BCUT2D eigenvalue weighted by atomic mass is 32.2. The second-order valence-electron chi connectivity index (χ2n) is 4.26. The molecule has 0 aliphatic heterocycles. The predicted octanol–water partition coefficient (Wildman–Crippen LogP) is 1.89. The molecule has 18 heavy (non-hydrogen) atoms. The van der Waals surface area contributed by atoms with Gasteiger partial charge in [-0.05, 0) is 12.2 Å². The summed E-state index contributed by atoms with van der Waals surface area (Å²) in [5.41, 5.74) is 5.75. The summed E-state index contributed by atoms with van der Waals surface area (Å²) in [5.74, 6) is 1.57. The average molecular weight is 288 g/mol. The molecule has 102 valence electrons. The fourth-order valence-corrected chi connectivity index (χ4v) is 2.32. The normalized spacial score (nSPS) is 10.7. The second kappa shape index (κ2) is 7.48. The number of amides is 1. The molecule has 0 aliphatic rings. The maximum Gasteiger partial charge on any atom is 0.265 e. The van der Waals surface area contributed by atoms with Crippen LogP contribution in [0.3, 0.4) is 0 Å². The highest BCUT2D eigenvalue weighted by Crippen LogP contribution is 2.24. The molecule has 0 bridgehead atoms. The van der Waals surface area contributed by atoms with Gasteiger partial charge in [0.15, 0.2) is 5.13 Å². The Morgan fingerprint density at radius 1 is 1.56 bits per heavy atom. The Hall–Kier alpha value is -0.950. The number of nitrogens with zero attached hydrogens (tertiary/aromatic N) is 1. The Kier molecular flexibility index (Phi) is 6.28. The fraction of sp³-hybridized carbons (Fsp3) is 0.636. The summed E-state index contributed by atoms with van der Waals surface area (Å²) in [5, 5.41) is 6.70. The minimum atomic E-state index is -0.142. The number of nitrogens with one attached hydrogen (secondary N) is 2. The zero-order chi connectivity index (χ0) is 13.5. The van der Waals surface area contributed by atoms with E-state index in [1.165, 1.54) is 11.3 Å². The molecule has 0 fully saturated rings. The number of rotatable bonds is 7.